The van der Waals surface area contributed by atoms with Gasteiger partial charge in [0.1, 0.15) is 12.6 Å². The monoisotopic (exact) mass is 569 g/mol. The van der Waals surface area contributed by atoms with Crippen LogP contribution in [-0.4, -0.2) is 44.3 Å². The number of carbonyl (C=O) groups excluding carboxylic acids is 2. The zero-order valence-electron chi connectivity index (χ0n) is 23.1. The number of nitrogens with zero attached hydrogens (tertiary/aromatic N) is 2. The lowest BCUT2D eigenvalue weighted by Crippen LogP contribution is -2.52. The number of benzene rings is 3. The van der Waals surface area contributed by atoms with Gasteiger partial charge in [-0.2, -0.15) is 0 Å². The molecular formula is C30H36ClN3O4S. The summed E-state index contributed by atoms with van der Waals surface area (Å²) >= 11 is 6.28. The second kappa shape index (κ2) is 13.1. The number of carbonyl (C=O) groups is 2. The Morgan fingerprint density at radius 1 is 0.923 bits per heavy atom. The van der Waals surface area contributed by atoms with Crippen molar-refractivity contribution in [3.8, 4) is 0 Å². The Balaban J connectivity index is 2.12. The van der Waals surface area contributed by atoms with E-state index in [1.807, 2.05) is 52.0 Å². The molecule has 208 valence electrons. The lowest BCUT2D eigenvalue weighted by atomic mass is 10.1. The first-order valence-electron chi connectivity index (χ1n) is 13.0. The zero-order chi connectivity index (χ0) is 28.7. The summed E-state index contributed by atoms with van der Waals surface area (Å²) in [5, 5.41) is 3.16. The molecule has 1 atom stereocenters. The van der Waals surface area contributed by atoms with Gasteiger partial charge in [0.2, 0.25) is 11.8 Å². The van der Waals surface area contributed by atoms with Crippen molar-refractivity contribution in [2.45, 2.75) is 58.5 Å². The van der Waals surface area contributed by atoms with Gasteiger partial charge in [-0.05, 0) is 75.1 Å². The first kappa shape index (κ1) is 30.2. The number of anilines is 1. The number of amides is 2. The van der Waals surface area contributed by atoms with Crippen molar-refractivity contribution >= 4 is 39.1 Å². The Morgan fingerprint density at radius 2 is 1.59 bits per heavy atom. The molecule has 2 amide bonds. The first-order valence-corrected chi connectivity index (χ1v) is 14.8. The molecule has 0 spiro atoms. The summed E-state index contributed by atoms with van der Waals surface area (Å²) in [6.07, 6.45) is 0.365. The molecule has 0 radical (unpaired) electrons. The van der Waals surface area contributed by atoms with Gasteiger partial charge in [-0.3, -0.25) is 13.9 Å². The van der Waals surface area contributed by atoms with Crippen LogP contribution in [0.15, 0.2) is 71.6 Å². The Kier molecular flexibility index (Phi) is 10.2. The Morgan fingerprint density at radius 3 is 2.21 bits per heavy atom. The van der Waals surface area contributed by atoms with Crippen molar-refractivity contribution in [2.75, 3.05) is 17.4 Å². The number of halogens is 1. The summed E-state index contributed by atoms with van der Waals surface area (Å²) < 4.78 is 29.1. The van der Waals surface area contributed by atoms with Gasteiger partial charge < -0.3 is 10.2 Å². The number of aryl methyl sites for hydroxylation is 3. The van der Waals surface area contributed by atoms with Gasteiger partial charge in [0, 0.05) is 18.1 Å². The first-order chi connectivity index (χ1) is 18.5. The second-order valence-electron chi connectivity index (χ2n) is 9.52. The number of sulfonamides is 1. The number of nitrogens with one attached hydrogen (secondary N) is 1. The van der Waals surface area contributed by atoms with Crippen molar-refractivity contribution in [3.05, 3.63) is 94.0 Å². The smallest absolute Gasteiger partial charge is 0.264 e. The van der Waals surface area contributed by atoms with E-state index in [9.17, 15) is 18.0 Å². The molecule has 39 heavy (non-hydrogen) atoms. The van der Waals surface area contributed by atoms with E-state index in [2.05, 4.69) is 5.32 Å². The van der Waals surface area contributed by atoms with Crippen LogP contribution in [0, 0.1) is 20.8 Å². The van der Waals surface area contributed by atoms with E-state index in [1.165, 1.54) is 17.0 Å². The van der Waals surface area contributed by atoms with Crippen LogP contribution in [-0.2, 0) is 26.2 Å². The third-order valence-corrected chi connectivity index (χ3v) is 8.68. The molecule has 0 heterocycles. The Bertz CT molecular complexity index is 1420. The highest BCUT2D eigenvalue weighted by Gasteiger charge is 2.34. The van der Waals surface area contributed by atoms with E-state index in [0.29, 0.717) is 29.2 Å². The summed E-state index contributed by atoms with van der Waals surface area (Å²) in [4.78, 5) is 28.7. The van der Waals surface area contributed by atoms with E-state index in [1.54, 1.807) is 37.3 Å². The van der Waals surface area contributed by atoms with Crippen LogP contribution in [0.25, 0.3) is 0 Å². The van der Waals surface area contributed by atoms with Crippen LogP contribution in [0.3, 0.4) is 0 Å². The predicted octanol–water partition coefficient (Wildman–Crippen LogP) is 5.40. The third kappa shape index (κ3) is 7.19. The molecule has 0 saturated heterocycles. The summed E-state index contributed by atoms with van der Waals surface area (Å²) in [7, 11) is -4.16. The third-order valence-electron chi connectivity index (χ3n) is 6.67. The maximum Gasteiger partial charge on any atom is 0.264 e. The van der Waals surface area contributed by atoms with E-state index >= 15 is 0 Å². The maximum atomic E-state index is 14.1. The van der Waals surface area contributed by atoms with Gasteiger partial charge in [-0.1, -0.05) is 66.6 Å². The number of hydrogen-bond acceptors (Lipinski definition) is 4. The highest BCUT2D eigenvalue weighted by molar-refractivity contribution is 7.92. The van der Waals surface area contributed by atoms with Crippen molar-refractivity contribution in [3.63, 3.8) is 0 Å². The molecule has 0 fully saturated rings. The molecule has 0 aliphatic carbocycles. The van der Waals surface area contributed by atoms with Crippen LogP contribution in [0.2, 0.25) is 5.02 Å². The van der Waals surface area contributed by atoms with Crippen molar-refractivity contribution in [1.82, 2.24) is 10.2 Å². The van der Waals surface area contributed by atoms with Gasteiger partial charge in [0.15, 0.2) is 0 Å². The molecule has 1 N–H and O–H groups in total. The molecular weight excluding hydrogens is 534 g/mol. The zero-order valence-corrected chi connectivity index (χ0v) is 24.6. The number of likely N-dealkylation sites (N-methyl/N-ethyl adjacent to an activating group) is 1. The highest BCUT2D eigenvalue weighted by Crippen LogP contribution is 2.30. The molecule has 3 rings (SSSR count). The molecule has 0 bridgehead atoms. The van der Waals surface area contributed by atoms with Gasteiger partial charge in [0.25, 0.3) is 10.0 Å². The predicted molar refractivity (Wildman–Crippen MR) is 156 cm³/mol. The fourth-order valence-corrected chi connectivity index (χ4v) is 6.02. The van der Waals surface area contributed by atoms with Crippen molar-refractivity contribution in [1.29, 1.82) is 0 Å². The Labute approximate surface area is 236 Å². The highest BCUT2D eigenvalue weighted by atomic mass is 35.5. The number of rotatable bonds is 11. The van der Waals surface area contributed by atoms with Gasteiger partial charge in [0.05, 0.1) is 10.6 Å². The lowest BCUT2D eigenvalue weighted by molar-refractivity contribution is -0.140. The molecule has 3 aromatic carbocycles. The molecule has 0 saturated carbocycles. The van der Waals surface area contributed by atoms with Gasteiger partial charge >= 0.3 is 0 Å². The fourth-order valence-electron chi connectivity index (χ4n) is 4.38. The van der Waals surface area contributed by atoms with E-state index in [4.69, 9.17) is 11.6 Å². The minimum atomic E-state index is -4.16. The normalized spacial score (nSPS) is 12.1. The largest absolute Gasteiger partial charge is 0.355 e. The lowest BCUT2D eigenvalue weighted by Gasteiger charge is -2.34. The summed E-state index contributed by atoms with van der Waals surface area (Å²) in [6.45, 7) is 9.30. The Hall–Kier alpha value is -3.36. The van der Waals surface area contributed by atoms with Gasteiger partial charge in [-0.25, -0.2) is 8.42 Å². The molecule has 0 aliphatic heterocycles. The topological polar surface area (TPSA) is 86.8 Å². The van der Waals surface area contributed by atoms with Crippen LogP contribution in [0.5, 0.6) is 0 Å². The SMILES string of the molecule is CCNC(=O)[C@H](CC)N(Cc1ccccc1C)C(=O)CN(c1cc(Cl)ccc1C)S(=O)(=O)c1ccc(C)cc1. The van der Waals surface area contributed by atoms with Gasteiger partial charge in [-0.15, -0.1) is 0 Å². The molecule has 7 nitrogen and oxygen atoms in total. The molecule has 3 aromatic rings. The maximum absolute atomic E-state index is 14.1. The molecule has 0 aromatic heterocycles. The average molecular weight is 570 g/mol. The van der Waals surface area contributed by atoms with Crippen LogP contribution < -0.4 is 9.62 Å². The van der Waals surface area contributed by atoms with E-state index in [-0.39, 0.29) is 17.3 Å². The minimum Gasteiger partial charge on any atom is -0.355 e. The van der Waals surface area contributed by atoms with Crippen LogP contribution >= 0.6 is 11.6 Å². The summed E-state index contributed by atoms with van der Waals surface area (Å²) in [6, 6.07) is 18.3. The quantitative estimate of drug-likeness (QED) is 0.335. The fraction of sp³-hybridized carbons (Fsp3) is 0.333. The minimum absolute atomic E-state index is 0.0569. The standard InChI is InChI=1S/C30H36ClN3O4S/c1-6-27(30(36)32-7-2)33(19-24-11-9-8-10-22(24)4)29(35)20-34(28-18-25(31)15-14-23(28)5)39(37,38)26-16-12-21(3)13-17-26/h8-18,27H,6-7,19-20H2,1-5H3,(H,32,36)/t27-/m0/s1. The average Bonchev–Trinajstić information content (AvgIpc) is 2.90. The molecule has 0 aliphatic rings. The van der Waals surface area contributed by atoms with E-state index < -0.39 is 28.5 Å². The van der Waals surface area contributed by atoms with Crippen molar-refractivity contribution in [2.24, 2.45) is 0 Å². The summed E-state index contributed by atoms with van der Waals surface area (Å²) in [5.74, 6) is -0.778. The molecule has 9 heteroatoms. The molecule has 0 unspecified atom stereocenters. The number of hydrogen-bond donors (Lipinski definition) is 1. The van der Waals surface area contributed by atoms with Crippen LogP contribution in [0.1, 0.15) is 42.5 Å². The summed E-state index contributed by atoms with van der Waals surface area (Å²) in [5.41, 5.74) is 3.70. The van der Waals surface area contributed by atoms with E-state index in [0.717, 1.165) is 21.0 Å². The second-order valence-corrected chi connectivity index (χ2v) is 11.8. The van der Waals surface area contributed by atoms with Crippen LogP contribution in [0.4, 0.5) is 5.69 Å². The van der Waals surface area contributed by atoms with Crippen molar-refractivity contribution < 1.29 is 18.0 Å².